The van der Waals surface area contributed by atoms with Gasteiger partial charge in [0.15, 0.2) is 0 Å². The van der Waals surface area contributed by atoms with E-state index >= 15 is 0 Å². The Labute approximate surface area is 220 Å². The lowest BCUT2D eigenvalue weighted by Crippen LogP contribution is -2.49. The Hall–Kier alpha value is -4.61. The van der Waals surface area contributed by atoms with Gasteiger partial charge in [-0.1, -0.05) is 42.2 Å². The molecule has 4 atom stereocenters. The largest absolute Gasteiger partial charge is 0.497 e. The van der Waals surface area contributed by atoms with Crippen LogP contribution in [-0.2, 0) is 24.5 Å². The smallest absolute Gasteiger partial charge is 0.324 e. The average Bonchev–Trinajstić information content (AvgIpc) is 3.38. The summed E-state index contributed by atoms with van der Waals surface area (Å²) in [5.41, 5.74) is 1.47. The Morgan fingerprint density at radius 3 is 2.26 bits per heavy atom. The SMILES string of the molecule is COC(=O)[C@@H]1[C@H](C(=O)O)C2(C(=O)Nc3ccc(C#Cc4ccc(OC)cc4)cc32)[C@@H](c2ccccc2)N1C. The number of likely N-dealkylation sites (N-methyl/N-ethyl adjacent to an activating group) is 1. The number of fused-ring (bicyclic) bond motifs is 2. The molecule has 3 aromatic rings. The van der Waals surface area contributed by atoms with Crippen molar-refractivity contribution in [1.29, 1.82) is 0 Å². The maximum atomic E-state index is 13.9. The molecule has 0 aliphatic carbocycles. The van der Waals surface area contributed by atoms with Crippen LogP contribution in [0, 0.1) is 17.8 Å². The average molecular weight is 511 g/mol. The highest BCUT2D eigenvalue weighted by Crippen LogP contribution is 2.59. The summed E-state index contributed by atoms with van der Waals surface area (Å²) < 4.78 is 10.2. The van der Waals surface area contributed by atoms with Gasteiger partial charge in [0.2, 0.25) is 5.91 Å². The van der Waals surface area contributed by atoms with Crippen LogP contribution in [-0.4, -0.2) is 55.2 Å². The number of methoxy groups -OCH3 is 2. The Morgan fingerprint density at radius 1 is 0.974 bits per heavy atom. The quantitative estimate of drug-likeness (QED) is 0.410. The van der Waals surface area contributed by atoms with E-state index in [1.165, 1.54) is 7.11 Å². The van der Waals surface area contributed by atoms with Crippen molar-refractivity contribution in [2.45, 2.75) is 17.5 Å². The van der Waals surface area contributed by atoms with Gasteiger partial charge in [0, 0.05) is 16.8 Å². The molecule has 2 heterocycles. The molecule has 38 heavy (non-hydrogen) atoms. The number of carbonyl (C=O) groups excluding carboxylic acids is 2. The van der Waals surface area contributed by atoms with Gasteiger partial charge in [-0.05, 0) is 60.6 Å². The highest BCUT2D eigenvalue weighted by molar-refractivity contribution is 6.11. The molecule has 3 aromatic carbocycles. The fourth-order valence-electron chi connectivity index (χ4n) is 5.84. The second-order valence-electron chi connectivity index (χ2n) is 9.32. The van der Waals surface area contributed by atoms with Gasteiger partial charge in [0.05, 0.1) is 20.3 Å². The first-order valence-corrected chi connectivity index (χ1v) is 12.0. The first-order valence-electron chi connectivity index (χ1n) is 12.0. The minimum atomic E-state index is -1.60. The van der Waals surface area contributed by atoms with E-state index in [4.69, 9.17) is 9.47 Å². The van der Waals surface area contributed by atoms with Crippen LogP contribution in [0.2, 0.25) is 0 Å². The fourth-order valence-corrected chi connectivity index (χ4v) is 5.84. The summed E-state index contributed by atoms with van der Waals surface area (Å²) in [6, 6.07) is 19.8. The molecule has 2 N–H and O–H groups in total. The van der Waals surface area contributed by atoms with E-state index in [1.807, 2.05) is 54.6 Å². The van der Waals surface area contributed by atoms with Crippen LogP contribution in [0.15, 0.2) is 72.8 Å². The van der Waals surface area contributed by atoms with Gasteiger partial charge in [-0.3, -0.25) is 19.3 Å². The van der Waals surface area contributed by atoms with Crippen molar-refractivity contribution in [1.82, 2.24) is 4.90 Å². The van der Waals surface area contributed by atoms with Crippen LogP contribution in [0.3, 0.4) is 0 Å². The molecule has 1 saturated heterocycles. The van der Waals surface area contributed by atoms with E-state index in [0.29, 0.717) is 22.4 Å². The molecule has 8 nitrogen and oxygen atoms in total. The lowest BCUT2D eigenvalue weighted by molar-refractivity contribution is -0.155. The van der Waals surface area contributed by atoms with Crippen molar-refractivity contribution in [3.8, 4) is 17.6 Å². The minimum absolute atomic E-state index is 0.479. The summed E-state index contributed by atoms with van der Waals surface area (Å²) in [5.74, 6) is 3.08. The second kappa shape index (κ2) is 9.69. The number of carbonyl (C=O) groups is 3. The number of carboxylic acid groups (broad SMARTS) is 1. The molecule has 1 spiro atoms. The summed E-state index contributed by atoms with van der Waals surface area (Å²) in [7, 11) is 4.46. The number of benzene rings is 3. The molecular weight excluding hydrogens is 484 g/mol. The normalized spacial score (nSPS) is 23.8. The van der Waals surface area contributed by atoms with E-state index < -0.39 is 41.3 Å². The number of likely N-dealkylation sites (tertiary alicyclic amines) is 1. The molecule has 0 saturated carbocycles. The number of aliphatic carboxylic acids is 1. The number of nitrogens with zero attached hydrogens (tertiary/aromatic N) is 1. The summed E-state index contributed by atoms with van der Waals surface area (Å²) >= 11 is 0. The molecule has 192 valence electrons. The van der Waals surface area contributed by atoms with E-state index in [-0.39, 0.29) is 0 Å². The monoisotopic (exact) mass is 510 g/mol. The van der Waals surface area contributed by atoms with Crippen molar-refractivity contribution in [2.75, 3.05) is 26.6 Å². The molecule has 1 fully saturated rings. The predicted octanol–water partition coefficient (Wildman–Crippen LogP) is 3.21. The highest BCUT2D eigenvalue weighted by Gasteiger charge is 2.70. The van der Waals surface area contributed by atoms with Gasteiger partial charge in [0.25, 0.3) is 0 Å². The van der Waals surface area contributed by atoms with E-state index in [9.17, 15) is 19.5 Å². The van der Waals surface area contributed by atoms with Crippen molar-refractivity contribution in [2.24, 2.45) is 5.92 Å². The number of hydrogen-bond donors (Lipinski definition) is 2. The zero-order valence-electron chi connectivity index (χ0n) is 21.1. The maximum Gasteiger partial charge on any atom is 0.324 e. The van der Waals surface area contributed by atoms with E-state index in [0.717, 1.165) is 11.3 Å². The van der Waals surface area contributed by atoms with Crippen molar-refractivity contribution in [3.05, 3.63) is 95.1 Å². The molecule has 5 rings (SSSR count). The van der Waals surface area contributed by atoms with Gasteiger partial charge >= 0.3 is 11.9 Å². The van der Waals surface area contributed by atoms with Crippen molar-refractivity contribution in [3.63, 3.8) is 0 Å². The Kier molecular flexibility index (Phi) is 6.39. The summed E-state index contributed by atoms with van der Waals surface area (Å²) in [6.45, 7) is 0. The van der Waals surface area contributed by atoms with Crippen LogP contribution in [0.4, 0.5) is 5.69 Å². The third-order valence-electron chi connectivity index (χ3n) is 7.44. The van der Waals surface area contributed by atoms with Gasteiger partial charge < -0.3 is 19.9 Å². The third kappa shape index (κ3) is 3.80. The Morgan fingerprint density at radius 2 is 1.63 bits per heavy atom. The molecule has 1 unspecified atom stereocenters. The molecule has 0 bridgehead atoms. The van der Waals surface area contributed by atoms with Crippen LogP contribution >= 0.6 is 0 Å². The van der Waals surface area contributed by atoms with Crippen LogP contribution in [0.5, 0.6) is 5.75 Å². The standard InChI is InChI=1S/C30H26N2O6/c1-32-25(28(35)38-3)24(27(33)34)30(26(32)20-7-5-4-6-8-20)22-17-19(13-16-23(22)31-29(30)36)10-9-18-11-14-21(37-2)15-12-18/h4-8,11-17,24-26H,1-3H3,(H,31,36)(H,33,34)/t24-,25+,26-,30?/m1/s1. The zero-order chi connectivity index (χ0) is 27.0. The number of ether oxygens (including phenoxy) is 2. The highest BCUT2D eigenvalue weighted by atomic mass is 16.5. The first kappa shape index (κ1) is 25.1. The van der Waals surface area contributed by atoms with Gasteiger partial charge in [-0.25, -0.2) is 0 Å². The third-order valence-corrected chi connectivity index (χ3v) is 7.44. The zero-order valence-corrected chi connectivity index (χ0v) is 21.1. The van der Waals surface area contributed by atoms with Crippen molar-refractivity contribution < 1.29 is 29.0 Å². The van der Waals surface area contributed by atoms with E-state index in [1.54, 1.807) is 37.3 Å². The topological polar surface area (TPSA) is 105 Å². The lowest BCUT2D eigenvalue weighted by Gasteiger charge is -2.34. The number of esters is 1. The number of hydrogen-bond acceptors (Lipinski definition) is 6. The molecule has 8 heteroatoms. The van der Waals surface area contributed by atoms with Gasteiger partial charge in [-0.15, -0.1) is 0 Å². The molecule has 2 aliphatic heterocycles. The van der Waals surface area contributed by atoms with Gasteiger partial charge in [-0.2, -0.15) is 0 Å². The summed E-state index contributed by atoms with van der Waals surface area (Å²) in [4.78, 5) is 41.4. The number of nitrogens with one attached hydrogen (secondary N) is 1. The second-order valence-corrected chi connectivity index (χ2v) is 9.32. The van der Waals surface area contributed by atoms with Crippen LogP contribution in [0.25, 0.3) is 0 Å². The number of amides is 1. The number of carboxylic acids is 1. The summed E-state index contributed by atoms with van der Waals surface area (Å²) in [5, 5.41) is 13.4. The van der Waals surface area contributed by atoms with Gasteiger partial charge in [0.1, 0.15) is 23.1 Å². The molecule has 2 aliphatic rings. The molecule has 0 aromatic heterocycles. The molecule has 1 amide bonds. The first-order chi connectivity index (χ1) is 18.3. The van der Waals surface area contributed by atoms with E-state index in [2.05, 4.69) is 17.2 Å². The maximum absolute atomic E-state index is 13.9. The van der Waals surface area contributed by atoms with Crippen LogP contribution < -0.4 is 10.1 Å². The van der Waals surface area contributed by atoms with Crippen molar-refractivity contribution >= 4 is 23.5 Å². The Bertz CT molecular complexity index is 1470. The number of rotatable bonds is 4. The van der Waals surface area contributed by atoms with Crippen LogP contribution in [0.1, 0.15) is 28.3 Å². The lowest BCUT2D eigenvalue weighted by atomic mass is 9.65. The molecule has 0 radical (unpaired) electrons. The minimum Gasteiger partial charge on any atom is -0.497 e. The molecular formula is C30H26N2O6. The predicted molar refractivity (Wildman–Crippen MR) is 140 cm³/mol. The fraction of sp³-hybridized carbons (Fsp3) is 0.233. The number of anilines is 1. The Balaban J connectivity index is 1.70. The summed E-state index contributed by atoms with van der Waals surface area (Å²) in [6.07, 6.45) is 0.